The minimum atomic E-state index is -0.259. The van der Waals surface area contributed by atoms with Crippen LogP contribution in [0.3, 0.4) is 0 Å². The SMILES string of the molecule is C=Cc1ccc(COC(=O)C(C)Br)cc1. The number of hydrogen-bond acceptors (Lipinski definition) is 2. The Hall–Kier alpha value is -1.09. The molecule has 1 aromatic rings. The van der Waals surface area contributed by atoms with Crippen LogP contribution in [0.5, 0.6) is 0 Å². The first-order valence-corrected chi connectivity index (χ1v) is 5.57. The van der Waals surface area contributed by atoms with Gasteiger partial charge >= 0.3 is 5.97 Å². The van der Waals surface area contributed by atoms with Crippen LogP contribution in [0, 0.1) is 0 Å². The van der Waals surface area contributed by atoms with E-state index in [2.05, 4.69) is 22.5 Å². The Kier molecular flexibility index (Phi) is 4.56. The molecule has 0 aromatic heterocycles. The summed E-state index contributed by atoms with van der Waals surface area (Å²) in [4.78, 5) is 10.9. The van der Waals surface area contributed by atoms with Crippen LogP contribution >= 0.6 is 15.9 Å². The Bertz CT molecular complexity index is 341. The highest BCUT2D eigenvalue weighted by Gasteiger charge is 2.09. The molecule has 0 saturated heterocycles. The van der Waals surface area contributed by atoms with Crippen molar-refractivity contribution in [3.8, 4) is 0 Å². The third-order valence-corrected chi connectivity index (χ3v) is 2.30. The van der Waals surface area contributed by atoms with E-state index in [4.69, 9.17) is 4.74 Å². The summed E-state index contributed by atoms with van der Waals surface area (Å²) in [5.74, 6) is -0.247. The van der Waals surface area contributed by atoms with Crippen LogP contribution in [0.15, 0.2) is 30.8 Å². The number of hydrogen-bond donors (Lipinski definition) is 0. The molecular weight excluding hydrogens is 256 g/mol. The van der Waals surface area contributed by atoms with Gasteiger partial charge in [0.1, 0.15) is 11.4 Å². The van der Waals surface area contributed by atoms with Gasteiger partial charge in [0, 0.05) is 0 Å². The molecule has 1 unspecified atom stereocenters. The lowest BCUT2D eigenvalue weighted by Crippen LogP contribution is -2.13. The molecule has 0 bridgehead atoms. The second-order valence-electron chi connectivity index (χ2n) is 3.17. The average molecular weight is 269 g/mol. The van der Waals surface area contributed by atoms with Crippen molar-refractivity contribution >= 4 is 28.0 Å². The summed E-state index contributed by atoms with van der Waals surface area (Å²) in [5, 5.41) is 0. The maximum absolute atomic E-state index is 11.2. The molecule has 3 heteroatoms. The standard InChI is InChI=1S/C12H13BrO2/c1-3-10-4-6-11(7-5-10)8-15-12(14)9(2)13/h3-7,9H,1,8H2,2H3. The summed E-state index contributed by atoms with van der Waals surface area (Å²) in [5.41, 5.74) is 2.03. The number of benzene rings is 1. The molecule has 1 aromatic carbocycles. The van der Waals surface area contributed by atoms with Crippen molar-refractivity contribution in [3.63, 3.8) is 0 Å². The molecule has 1 atom stereocenters. The number of carbonyl (C=O) groups excluding carboxylic acids is 1. The van der Waals surface area contributed by atoms with Crippen LogP contribution in [0.2, 0.25) is 0 Å². The summed E-state index contributed by atoms with van der Waals surface area (Å²) < 4.78 is 5.05. The van der Waals surface area contributed by atoms with E-state index < -0.39 is 0 Å². The predicted octanol–water partition coefficient (Wildman–Crippen LogP) is 3.16. The monoisotopic (exact) mass is 268 g/mol. The smallest absolute Gasteiger partial charge is 0.319 e. The minimum Gasteiger partial charge on any atom is -0.460 e. The average Bonchev–Trinajstić information content (AvgIpc) is 2.26. The van der Waals surface area contributed by atoms with E-state index in [0.717, 1.165) is 11.1 Å². The number of ether oxygens (including phenoxy) is 1. The van der Waals surface area contributed by atoms with Crippen molar-refractivity contribution in [1.82, 2.24) is 0 Å². The fourth-order valence-electron chi connectivity index (χ4n) is 1.02. The molecule has 0 amide bonds. The van der Waals surface area contributed by atoms with Crippen molar-refractivity contribution in [2.75, 3.05) is 0 Å². The lowest BCUT2D eigenvalue weighted by atomic mass is 10.1. The van der Waals surface area contributed by atoms with E-state index in [0.29, 0.717) is 6.61 Å². The lowest BCUT2D eigenvalue weighted by Gasteiger charge is -2.06. The summed E-state index contributed by atoms with van der Waals surface area (Å²) in [6, 6.07) is 7.72. The topological polar surface area (TPSA) is 26.3 Å². The maximum Gasteiger partial charge on any atom is 0.319 e. The summed E-state index contributed by atoms with van der Waals surface area (Å²) in [6.45, 7) is 5.72. The molecule has 0 fully saturated rings. The zero-order valence-electron chi connectivity index (χ0n) is 8.57. The Morgan fingerprint density at radius 3 is 2.60 bits per heavy atom. The number of rotatable bonds is 4. The van der Waals surface area contributed by atoms with Gasteiger partial charge in [-0.3, -0.25) is 4.79 Å². The van der Waals surface area contributed by atoms with Crippen molar-refractivity contribution in [1.29, 1.82) is 0 Å². The number of alkyl halides is 1. The second kappa shape index (κ2) is 5.71. The summed E-state index contributed by atoms with van der Waals surface area (Å²) in [7, 11) is 0. The Morgan fingerprint density at radius 2 is 2.13 bits per heavy atom. The molecule has 80 valence electrons. The predicted molar refractivity (Wildman–Crippen MR) is 64.7 cm³/mol. The van der Waals surface area contributed by atoms with Crippen LogP contribution in [0.25, 0.3) is 6.08 Å². The van der Waals surface area contributed by atoms with Gasteiger partial charge in [-0.05, 0) is 18.1 Å². The van der Waals surface area contributed by atoms with Gasteiger partial charge in [0.05, 0.1) is 0 Å². The fraction of sp³-hybridized carbons (Fsp3) is 0.250. The van der Waals surface area contributed by atoms with Crippen LogP contribution in [-0.2, 0) is 16.1 Å². The molecule has 15 heavy (non-hydrogen) atoms. The maximum atomic E-state index is 11.2. The highest BCUT2D eigenvalue weighted by Crippen LogP contribution is 2.08. The molecule has 0 N–H and O–H groups in total. The molecule has 2 nitrogen and oxygen atoms in total. The number of halogens is 1. The Labute approximate surface area is 98.1 Å². The Balaban J connectivity index is 2.51. The molecule has 0 heterocycles. The number of carbonyl (C=O) groups is 1. The van der Waals surface area contributed by atoms with E-state index in [1.54, 1.807) is 13.0 Å². The third kappa shape index (κ3) is 3.88. The summed E-state index contributed by atoms with van der Waals surface area (Å²) >= 11 is 3.15. The highest BCUT2D eigenvalue weighted by molar-refractivity contribution is 9.10. The molecule has 0 saturated carbocycles. The van der Waals surface area contributed by atoms with Gasteiger partial charge in [-0.1, -0.05) is 52.9 Å². The first kappa shape index (κ1) is 12.0. The first-order chi connectivity index (χ1) is 7.13. The van der Waals surface area contributed by atoms with Crippen LogP contribution in [0.4, 0.5) is 0 Å². The van der Waals surface area contributed by atoms with Gasteiger partial charge < -0.3 is 4.74 Å². The zero-order valence-corrected chi connectivity index (χ0v) is 10.2. The molecule has 0 aliphatic rings. The summed E-state index contributed by atoms with van der Waals surface area (Å²) in [6.07, 6.45) is 1.77. The number of esters is 1. The minimum absolute atomic E-state index is 0.247. The molecule has 0 radical (unpaired) electrons. The third-order valence-electron chi connectivity index (χ3n) is 1.92. The Morgan fingerprint density at radius 1 is 1.53 bits per heavy atom. The van der Waals surface area contributed by atoms with Gasteiger partial charge in [-0.25, -0.2) is 0 Å². The fourth-order valence-corrected chi connectivity index (χ4v) is 1.15. The molecule has 0 aliphatic heterocycles. The van der Waals surface area contributed by atoms with E-state index in [1.807, 2.05) is 24.3 Å². The second-order valence-corrected chi connectivity index (χ2v) is 4.54. The molecule has 0 aliphatic carbocycles. The van der Waals surface area contributed by atoms with Crippen molar-refractivity contribution in [3.05, 3.63) is 42.0 Å². The normalized spacial score (nSPS) is 11.9. The van der Waals surface area contributed by atoms with E-state index in [-0.39, 0.29) is 10.8 Å². The van der Waals surface area contributed by atoms with Crippen molar-refractivity contribution < 1.29 is 9.53 Å². The lowest BCUT2D eigenvalue weighted by molar-refractivity contribution is -0.143. The van der Waals surface area contributed by atoms with Gasteiger partial charge in [0.15, 0.2) is 0 Å². The van der Waals surface area contributed by atoms with Crippen molar-refractivity contribution in [2.24, 2.45) is 0 Å². The molecular formula is C12H13BrO2. The van der Waals surface area contributed by atoms with Crippen LogP contribution in [0.1, 0.15) is 18.1 Å². The van der Waals surface area contributed by atoms with Gasteiger partial charge in [0.25, 0.3) is 0 Å². The van der Waals surface area contributed by atoms with Gasteiger partial charge in [-0.2, -0.15) is 0 Å². The quantitative estimate of drug-likeness (QED) is 0.620. The van der Waals surface area contributed by atoms with E-state index in [9.17, 15) is 4.79 Å². The zero-order chi connectivity index (χ0) is 11.3. The van der Waals surface area contributed by atoms with E-state index >= 15 is 0 Å². The van der Waals surface area contributed by atoms with Crippen LogP contribution in [-0.4, -0.2) is 10.8 Å². The van der Waals surface area contributed by atoms with Gasteiger partial charge in [-0.15, -0.1) is 0 Å². The van der Waals surface area contributed by atoms with Crippen LogP contribution < -0.4 is 0 Å². The largest absolute Gasteiger partial charge is 0.460 e. The van der Waals surface area contributed by atoms with Crippen molar-refractivity contribution in [2.45, 2.75) is 18.4 Å². The highest BCUT2D eigenvalue weighted by atomic mass is 79.9. The molecule has 1 rings (SSSR count). The first-order valence-electron chi connectivity index (χ1n) is 4.65. The van der Waals surface area contributed by atoms with Gasteiger partial charge in [0.2, 0.25) is 0 Å². The molecule has 0 spiro atoms. The van der Waals surface area contributed by atoms with E-state index in [1.165, 1.54) is 0 Å².